The lowest BCUT2D eigenvalue weighted by atomic mass is 10.2. The fourth-order valence-corrected chi connectivity index (χ4v) is 1.84. The molecule has 1 fully saturated rings. The van der Waals surface area contributed by atoms with Gasteiger partial charge in [-0.05, 0) is 46.7 Å². The minimum Gasteiger partial charge on any atom is -0.385 e. The maximum absolute atomic E-state index is 4.09. The van der Waals surface area contributed by atoms with Crippen LogP contribution in [0, 0.1) is 0 Å². The molecule has 0 saturated carbocycles. The number of rotatable bonds is 4. The Morgan fingerprint density at radius 3 is 2.23 bits per heavy atom. The van der Waals surface area contributed by atoms with Crippen molar-refractivity contribution in [1.82, 2.24) is 10.2 Å². The molecule has 1 N–H and O–H groups in total. The molecular weight excluding hydrogens is 160 g/mol. The monoisotopic (exact) mass is 182 g/mol. The summed E-state index contributed by atoms with van der Waals surface area (Å²) in [6.07, 6.45) is 2.69. The van der Waals surface area contributed by atoms with Crippen molar-refractivity contribution in [2.75, 3.05) is 13.1 Å². The van der Waals surface area contributed by atoms with E-state index in [1.807, 2.05) is 0 Å². The van der Waals surface area contributed by atoms with E-state index in [2.05, 4.69) is 37.6 Å². The highest BCUT2D eigenvalue weighted by Crippen LogP contribution is 2.14. The Balaban J connectivity index is 2.36. The van der Waals surface area contributed by atoms with Gasteiger partial charge in [0.1, 0.15) is 0 Å². The van der Waals surface area contributed by atoms with Crippen molar-refractivity contribution in [2.24, 2.45) is 0 Å². The molecule has 0 aliphatic carbocycles. The lowest BCUT2D eigenvalue weighted by Crippen LogP contribution is -2.38. The molecule has 1 aliphatic rings. The van der Waals surface area contributed by atoms with Crippen LogP contribution in [0.5, 0.6) is 0 Å². The number of hydrogen-bond acceptors (Lipinski definition) is 2. The molecule has 2 heteroatoms. The zero-order chi connectivity index (χ0) is 9.84. The molecule has 0 aromatic rings. The van der Waals surface area contributed by atoms with Gasteiger partial charge in [-0.1, -0.05) is 6.58 Å². The van der Waals surface area contributed by atoms with E-state index in [-0.39, 0.29) is 0 Å². The molecule has 0 spiro atoms. The second-order valence-corrected chi connectivity index (χ2v) is 4.24. The summed E-state index contributed by atoms with van der Waals surface area (Å²) >= 11 is 0. The summed E-state index contributed by atoms with van der Waals surface area (Å²) < 4.78 is 0. The standard InChI is InChI=1S/C11H22N2/c1-9(2)12-10(3)11(4)13-7-5-6-8-13/h9,11-12H,3,5-8H2,1-2,4H3. The molecule has 0 bridgehead atoms. The topological polar surface area (TPSA) is 15.3 Å². The second kappa shape index (κ2) is 4.66. The minimum absolute atomic E-state index is 0.491. The summed E-state index contributed by atoms with van der Waals surface area (Å²) in [5.74, 6) is 0. The lowest BCUT2D eigenvalue weighted by Gasteiger charge is -2.27. The summed E-state index contributed by atoms with van der Waals surface area (Å²) in [7, 11) is 0. The fraction of sp³-hybridized carbons (Fsp3) is 0.818. The van der Waals surface area contributed by atoms with Crippen LogP contribution in [0.2, 0.25) is 0 Å². The molecule has 0 aromatic heterocycles. The van der Waals surface area contributed by atoms with Crippen LogP contribution in [0.15, 0.2) is 12.3 Å². The predicted octanol–water partition coefficient (Wildman–Crippen LogP) is 1.98. The van der Waals surface area contributed by atoms with E-state index in [4.69, 9.17) is 0 Å². The Morgan fingerprint density at radius 1 is 1.23 bits per heavy atom. The normalized spacial score (nSPS) is 20.6. The van der Waals surface area contributed by atoms with Crippen molar-refractivity contribution in [3.63, 3.8) is 0 Å². The SMILES string of the molecule is C=C(NC(C)C)C(C)N1CCCC1. The van der Waals surface area contributed by atoms with Crippen LogP contribution in [0.1, 0.15) is 33.6 Å². The van der Waals surface area contributed by atoms with E-state index >= 15 is 0 Å². The van der Waals surface area contributed by atoms with Gasteiger partial charge in [-0.15, -0.1) is 0 Å². The number of nitrogens with zero attached hydrogens (tertiary/aromatic N) is 1. The van der Waals surface area contributed by atoms with E-state index in [0.717, 1.165) is 5.70 Å². The zero-order valence-electron chi connectivity index (χ0n) is 9.14. The number of hydrogen-bond donors (Lipinski definition) is 1. The average molecular weight is 182 g/mol. The van der Waals surface area contributed by atoms with Gasteiger partial charge < -0.3 is 5.32 Å². The molecule has 1 unspecified atom stereocenters. The molecule has 1 aliphatic heterocycles. The van der Waals surface area contributed by atoms with Gasteiger partial charge in [-0.3, -0.25) is 4.90 Å². The Kier molecular flexibility index (Phi) is 3.79. The fourth-order valence-electron chi connectivity index (χ4n) is 1.84. The van der Waals surface area contributed by atoms with Crippen molar-refractivity contribution in [2.45, 2.75) is 45.7 Å². The number of nitrogens with one attached hydrogen (secondary N) is 1. The molecule has 1 saturated heterocycles. The maximum Gasteiger partial charge on any atom is 0.0460 e. The Hall–Kier alpha value is -0.500. The van der Waals surface area contributed by atoms with Gasteiger partial charge in [0.25, 0.3) is 0 Å². The largest absolute Gasteiger partial charge is 0.385 e. The van der Waals surface area contributed by atoms with Crippen molar-refractivity contribution in [1.29, 1.82) is 0 Å². The van der Waals surface area contributed by atoms with Gasteiger partial charge in [0.2, 0.25) is 0 Å². The van der Waals surface area contributed by atoms with Crippen LogP contribution < -0.4 is 5.32 Å². The highest BCUT2D eigenvalue weighted by atomic mass is 15.2. The van der Waals surface area contributed by atoms with Crippen LogP contribution >= 0.6 is 0 Å². The molecule has 1 rings (SSSR count). The summed E-state index contributed by atoms with van der Waals surface area (Å²) in [6, 6.07) is 0.988. The van der Waals surface area contributed by atoms with E-state index in [1.54, 1.807) is 0 Å². The van der Waals surface area contributed by atoms with E-state index in [1.165, 1.54) is 25.9 Å². The van der Waals surface area contributed by atoms with Crippen molar-refractivity contribution in [3.8, 4) is 0 Å². The van der Waals surface area contributed by atoms with Crippen molar-refractivity contribution < 1.29 is 0 Å². The van der Waals surface area contributed by atoms with Crippen LogP contribution in [0.4, 0.5) is 0 Å². The van der Waals surface area contributed by atoms with Crippen LogP contribution in [0.3, 0.4) is 0 Å². The molecule has 76 valence electrons. The number of likely N-dealkylation sites (tertiary alicyclic amines) is 1. The summed E-state index contributed by atoms with van der Waals surface area (Å²) in [5, 5.41) is 3.38. The lowest BCUT2D eigenvalue weighted by molar-refractivity contribution is 0.278. The van der Waals surface area contributed by atoms with Gasteiger partial charge in [-0.2, -0.15) is 0 Å². The third kappa shape index (κ3) is 3.03. The molecule has 1 atom stereocenters. The molecule has 2 nitrogen and oxygen atoms in total. The smallest absolute Gasteiger partial charge is 0.0460 e. The average Bonchev–Trinajstić information content (AvgIpc) is 2.53. The highest BCUT2D eigenvalue weighted by molar-refractivity contribution is 5.03. The van der Waals surface area contributed by atoms with Crippen LogP contribution in [0.25, 0.3) is 0 Å². The summed E-state index contributed by atoms with van der Waals surface area (Å²) in [6.45, 7) is 13.1. The maximum atomic E-state index is 4.09. The minimum atomic E-state index is 0.491. The van der Waals surface area contributed by atoms with E-state index < -0.39 is 0 Å². The van der Waals surface area contributed by atoms with Gasteiger partial charge in [0, 0.05) is 17.8 Å². The van der Waals surface area contributed by atoms with E-state index in [9.17, 15) is 0 Å². The Labute approximate surface area is 82.0 Å². The molecule has 0 radical (unpaired) electrons. The van der Waals surface area contributed by atoms with Gasteiger partial charge in [0.05, 0.1) is 0 Å². The van der Waals surface area contributed by atoms with Crippen molar-refractivity contribution in [3.05, 3.63) is 12.3 Å². The molecule has 0 aromatic carbocycles. The van der Waals surface area contributed by atoms with Gasteiger partial charge in [0.15, 0.2) is 0 Å². The van der Waals surface area contributed by atoms with Crippen LogP contribution in [-0.2, 0) is 0 Å². The third-order valence-corrected chi connectivity index (χ3v) is 2.67. The molecule has 13 heavy (non-hydrogen) atoms. The quantitative estimate of drug-likeness (QED) is 0.715. The summed E-state index contributed by atoms with van der Waals surface area (Å²) in [5.41, 5.74) is 1.16. The Morgan fingerprint density at radius 2 is 1.77 bits per heavy atom. The van der Waals surface area contributed by atoms with Crippen molar-refractivity contribution >= 4 is 0 Å². The summed E-state index contributed by atoms with van der Waals surface area (Å²) in [4.78, 5) is 2.50. The molecule has 1 heterocycles. The Bertz CT molecular complexity index is 169. The third-order valence-electron chi connectivity index (χ3n) is 2.67. The second-order valence-electron chi connectivity index (χ2n) is 4.24. The van der Waals surface area contributed by atoms with Crippen LogP contribution in [-0.4, -0.2) is 30.1 Å². The van der Waals surface area contributed by atoms with Gasteiger partial charge in [-0.25, -0.2) is 0 Å². The zero-order valence-corrected chi connectivity index (χ0v) is 9.14. The predicted molar refractivity (Wildman–Crippen MR) is 57.7 cm³/mol. The molecule has 0 amide bonds. The highest BCUT2D eigenvalue weighted by Gasteiger charge is 2.20. The first-order valence-electron chi connectivity index (χ1n) is 5.30. The first-order chi connectivity index (χ1) is 6.11. The first-order valence-corrected chi connectivity index (χ1v) is 5.30. The first kappa shape index (κ1) is 10.6. The van der Waals surface area contributed by atoms with E-state index in [0.29, 0.717) is 12.1 Å². The van der Waals surface area contributed by atoms with Gasteiger partial charge >= 0.3 is 0 Å². The molecular formula is C11H22N2.